The number of rotatable bonds is 0. The van der Waals surface area contributed by atoms with Crippen LogP contribution < -0.4 is 0 Å². The topological polar surface area (TPSA) is 37.3 Å². The second kappa shape index (κ2) is 4.78. The minimum Gasteiger partial charge on any atom is -0.393 e. The van der Waals surface area contributed by atoms with Crippen molar-refractivity contribution in [2.24, 2.45) is 34.5 Å². The number of Topliss-reactive ketones (excluding diaryl/α,β-unsaturated/α-hetero) is 1. The molecule has 0 radical (unpaired) electrons. The minimum absolute atomic E-state index is 0.00508. The lowest BCUT2D eigenvalue weighted by Crippen LogP contribution is -2.55. The average molecular weight is 308 g/mol. The summed E-state index contributed by atoms with van der Waals surface area (Å²) in [4.78, 5) is 11.8. The fourth-order valence-corrected chi connectivity index (χ4v) is 7.03. The Morgan fingerprint density at radius 1 is 1.05 bits per heavy atom. The molecule has 0 spiro atoms. The first kappa shape index (κ1) is 15.1. The first-order chi connectivity index (χ1) is 10.4. The molecule has 0 saturated heterocycles. The van der Waals surface area contributed by atoms with Crippen molar-refractivity contribution in [2.45, 2.75) is 77.5 Å². The van der Waals surface area contributed by atoms with E-state index in [1.165, 1.54) is 6.42 Å². The van der Waals surface area contributed by atoms with Crippen LogP contribution in [0.2, 0.25) is 0 Å². The van der Waals surface area contributed by atoms with Crippen LogP contribution >= 0.6 is 0 Å². The highest BCUT2D eigenvalue weighted by molar-refractivity contribution is 5.84. The van der Waals surface area contributed by atoms with Gasteiger partial charge in [-0.2, -0.15) is 0 Å². The fourth-order valence-electron chi connectivity index (χ4n) is 7.03. The van der Waals surface area contributed by atoms with Crippen molar-refractivity contribution in [3.8, 4) is 0 Å². The van der Waals surface area contributed by atoms with Crippen molar-refractivity contribution in [3.05, 3.63) is 0 Å². The zero-order valence-corrected chi connectivity index (χ0v) is 13.9. The lowest BCUT2D eigenvalue weighted by Gasteiger charge is -2.60. The van der Waals surface area contributed by atoms with Crippen molar-refractivity contribution < 1.29 is 14.3 Å². The van der Waals surface area contributed by atoms with Crippen molar-refractivity contribution in [3.63, 3.8) is 0 Å². The molecule has 4 aliphatic rings. The lowest BCUT2D eigenvalue weighted by atomic mass is 9.45. The van der Waals surface area contributed by atoms with E-state index in [0.29, 0.717) is 36.5 Å². The summed E-state index contributed by atoms with van der Waals surface area (Å²) in [5.74, 6) is 2.04. The Labute approximate surface area is 132 Å². The number of halogens is 1. The first-order valence-corrected chi connectivity index (χ1v) is 9.21. The van der Waals surface area contributed by atoms with Crippen molar-refractivity contribution in [2.75, 3.05) is 0 Å². The van der Waals surface area contributed by atoms with Gasteiger partial charge in [-0.15, -0.1) is 0 Å². The molecular formula is C19H29FO2. The third-order valence-corrected chi connectivity index (χ3v) is 8.43. The Bertz CT molecular complexity index is 492. The quantitative estimate of drug-likeness (QED) is 0.737. The van der Waals surface area contributed by atoms with Crippen molar-refractivity contribution in [1.82, 2.24) is 0 Å². The third-order valence-electron chi connectivity index (χ3n) is 8.43. The van der Waals surface area contributed by atoms with Gasteiger partial charge in [-0.1, -0.05) is 13.8 Å². The molecule has 3 heteroatoms. The van der Waals surface area contributed by atoms with Gasteiger partial charge in [0.15, 0.2) is 12.0 Å². The van der Waals surface area contributed by atoms with E-state index < -0.39 is 6.17 Å². The van der Waals surface area contributed by atoms with Crippen LogP contribution in [0.3, 0.4) is 0 Å². The number of carbonyl (C=O) groups is 1. The van der Waals surface area contributed by atoms with Gasteiger partial charge < -0.3 is 5.11 Å². The molecule has 0 unspecified atom stereocenters. The summed E-state index contributed by atoms with van der Waals surface area (Å²) in [5, 5.41) is 10.4. The van der Waals surface area contributed by atoms with Crippen LogP contribution in [0.1, 0.15) is 65.2 Å². The third kappa shape index (κ3) is 1.84. The Kier molecular flexibility index (Phi) is 3.28. The molecule has 8 atom stereocenters. The highest BCUT2D eigenvalue weighted by Gasteiger charge is 2.61. The fraction of sp³-hybridized carbons (Fsp3) is 0.947. The van der Waals surface area contributed by atoms with Gasteiger partial charge in [0.2, 0.25) is 0 Å². The maximum atomic E-state index is 14.2. The summed E-state index contributed by atoms with van der Waals surface area (Å²) < 4.78 is 14.2. The maximum Gasteiger partial charge on any atom is 0.167 e. The first-order valence-electron chi connectivity index (χ1n) is 9.21. The second-order valence-electron chi connectivity index (χ2n) is 9.14. The summed E-state index contributed by atoms with van der Waals surface area (Å²) in [6.45, 7) is 4.55. The molecule has 0 bridgehead atoms. The van der Waals surface area contributed by atoms with Gasteiger partial charge in [0.25, 0.3) is 0 Å². The van der Waals surface area contributed by atoms with Crippen LogP contribution in [0.25, 0.3) is 0 Å². The molecule has 4 aliphatic carbocycles. The van der Waals surface area contributed by atoms with Crippen LogP contribution in [-0.2, 0) is 4.79 Å². The Morgan fingerprint density at radius 3 is 2.55 bits per heavy atom. The molecule has 22 heavy (non-hydrogen) atoms. The van der Waals surface area contributed by atoms with Crippen LogP contribution in [-0.4, -0.2) is 23.2 Å². The van der Waals surface area contributed by atoms with E-state index in [4.69, 9.17) is 0 Å². The van der Waals surface area contributed by atoms with E-state index in [9.17, 15) is 14.3 Å². The van der Waals surface area contributed by atoms with Crippen LogP contribution in [0.15, 0.2) is 0 Å². The van der Waals surface area contributed by atoms with E-state index in [1.807, 2.05) is 0 Å². The van der Waals surface area contributed by atoms with Gasteiger partial charge in [-0.25, -0.2) is 4.39 Å². The minimum atomic E-state index is -1.23. The molecule has 0 heterocycles. The van der Waals surface area contributed by atoms with Gasteiger partial charge >= 0.3 is 0 Å². The molecule has 0 aliphatic heterocycles. The molecule has 1 N–H and O–H groups in total. The monoisotopic (exact) mass is 308 g/mol. The molecule has 4 fully saturated rings. The van der Waals surface area contributed by atoms with Gasteiger partial charge in [-0.05, 0) is 79.4 Å². The molecule has 4 rings (SSSR count). The number of alkyl halides is 1. The summed E-state index contributed by atoms with van der Waals surface area (Å²) in [6.07, 6.45) is 6.06. The highest BCUT2D eigenvalue weighted by atomic mass is 19.1. The van der Waals surface area contributed by atoms with Gasteiger partial charge in [0.1, 0.15) is 0 Å². The van der Waals surface area contributed by atoms with Crippen LogP contribution in [0, 0.1) is 34.5 Å². The number of aliphatic hydroxyl groups is 1. The standard InChI is InChI=1S/C19H29FO2/c1-18-8-7-14-12(13(18)5-6-17(18)22)4-3-11-9-16(21)15(20)10-19(11,14)2/h11-15,17,22H,3-10H2,1-2H3/t11-,12+,13+,14+,15+,17-,18+,19+/m1/s1. The van der Waals surface area contributed by atoms with E-state index >= 15 is 0 Å². The predicted molar refractivity (Wildman–Crippen MR) is 83.0 cm³/mol. The molecule has 0 aromatic carbocycles. The van der Waals surface area contributed by atoms with E-state index in [2.05, 4.69) is 13.8 Å². The molecule has 0 amide bonds. The number of ketones is 1. The average Bonchev–Trinajstić information content (AvgIpc) is 2.77. The predicted octanol–water partition coefficient (Wildman–Crippen LogP) is 3.91. The Morgan fingerprint density at radius 2 is 1.77 bits per heavy atom. The summed E-state index contributed by atoms with van der Waals surface area (Å²) >= 11 is 0. The number of carbonyl (C=O) groups excluding carboxylic acids is 1. The number of fused-ring (bicyclic) bond motifs is 5. The molecule has 0 aromatic rings. The highest BCUT2D eigenvalue weighted by Crippen LogP contribution is 2.66. The van der Waals surface area contributed by atoms with Crippen LogP contribution in [0.4, 0.5) is 4.39 Å². The molecule has 0 aromatic heterocycles. The van der Waals surface area contributed by atoms with Gasteiger partial charge in [0, 0.05) is 6.42 Å². The Balaban J connectivity index is 1.65. The maximum absolute atomic E-state index is 14.2. The number of aliphatic hydroxyl groups excluding tert-OH is 1. The van der Waals surface area contributed by atoms with Crippen molar-refractivity contribution in [1.29, 1.82) is 0 Å². The van der Waals surface area contributed by atoms with E-state index in [-0.39, 0.29) is 22.7 Å². The van der Waals surface area contributed by atoms with Crippen molar-refractivity contribution >= 4 is 5.78 Å². The zero-order valence-electron chi connectivity index (χ0n) is 13.9. The van der Waals surface area contributed by atoms with Crippen LogP contribution in [0.5, 0.6) is 0 Å². The molecule has 4 saturated carbocycles. The Hall–Kier alpha value is -0.440. The summed E-state index contributed by atoms with van der Waals surface area (Å²) in [5.41, 5.74) is 0.0923. The number of hydrogen-bond acceptors (Lipinski definition) is 2. The van der Waals surface area contributed by atoms with E-state index in [0.717, 1.165) is 32.1 Å². The normalized spacial score (nSPS) is 57.9. The number of hydrogen-bond donors (Lipinski definition) is 1. The summed E-state index contributed by atoms with van der Waals surface area (Å²) in [7, 11) is 0. The zero-order chi connectivity index (χ0) is 15.7. The summed E-state index contributed by atoms with van der Waals surface area (Å²) in [6, 6.07) is 0. The molecule has 2 nitrogen and oxygen atoms in total. The van der Waals surface area contributed by atoms with E-state index in [1.54, 1.807) is 0 Å². The molecular weight excluding hydrogens is 279 g/mol. The second-order valence-corrected chi connectivity index (χ2v) is 9.14. The smallest absolute Gasteiger partial charge is 0.167 e. The van der Waals surface area contributed by atoms with Gasteiger partial charge in [-0.3, -0.25) is 4.79 Å². The SMILES string of the molecule is C[C@]12C[C@H](F)C(=O)C[C@H]1CC[C@@H]1[C@@H]2CC[C@]2(C)[C@H](O)CC[C@@H]12. The molecule has 124 valence electrons. The van der Waals surface area contributed by atoms with Gasteiger partial charge in [0.05, 0.1) is 6.10 Å². The largest absolute Gasteiger partial charge is 0.393 e. The lowest BCUT2D eigenvalue weighted by molar-refractivity contribution is -0.151.